The number of imidazole rings is 1. The number of ether oxygens (including phenoxy) is 1. The lowest BCUT2D eigenvalue weighted by Gasteiger charge is -2.37. The van der Waals surface area contributed by atoms with Crippen LogP contribution in [0.2, 0.25) is 0 Å². The fourth-order valence-corrected chi connectivity index (χ4v) is 5.74. The largest absolute Gasteiger partial charge is 0.497 e. The Morgan fingerprint density at radius 2 is 1.62 bits per heavy atom. The quantitative estimate of drug-likeness (QED) is 0.275. The van der Waals surface area contributed by atoms with Crippen LogP contribution in [0.1, 0.15) is 32.0 Å². The van der Waals surface area contributed by atoms with Crippen LogP contribution in [0.5, 0.6) is 5.75 Å². The lowest BCUT2D eigenvalue weighted by atomic mass is 9.97. The number of carbonyl (C=O) groups is 2. The van der Waals surface area contributed by atoms with Crippen LogP contribution in [0.15, 0.2) is 85.1 Å². The summed E-state index contributed by atoms with van der Waals surface area (Å²) in [6.07, 6.45) is 1.79. The van der Waals surface area contributed by atoms with Crippen molar-refractivity contribution in [3.8, 4) is 22.8 Å². The molecule has 0 bridgehead atoms. The molecule has 6 rings (SSSR count). The molecule has 8 nitrogen and oxygen atoms in total. The van der Waals surface area contributed by atoms with Gasteiger partial charge in [0.05, 0.1) is 24.0 Å². The number of aromatic nitrogens is 2. The lowest BCUT2D eigenvalue weighted by molar-refractivity contribution is 0.0694. The van der Waals surface area contributed by atoms with E-state index in [1.165, 1.54) is 0 Å². The van der Waals surface area contributed by atoms with Gasteiger partial charge in [-0.25, -0.2) is 9.78 Å². The first kappa shape index (κ1) is 27.1. The number of carboxylic acid groups (broad SMARTS) is 1. The summed E-state index contributed by atoms with van der Waals surface area (Å²) in [7, 11) is 1.63. The predicted octanol–water partition coefficient (Wildman–Crippen LogP) is 5.98. The highest BCUT2D eigenvalue weighted by molar-refractivity contribution is 6.09. The number of rotatable bonds is 6. The first-order valence-corrected chi connectivity index (χ1v) is 13.9. The van der Waals surface area contributed by atoms with Gasteiger partial charge in [0.2, 0.25) is 0 Å². The van der Waals surface area contributed by atoms with E-state index in [0.29, 0.717) is 49.0 Å². The van der Waals surface area contributed by atoms with E-state index in [9.17, 15) is 14.7 Å². The first-order chi connectivity index (χ1) is 20.3. The number of hydrogen-bond acceptors (Lipinski definition) is 5. The minimum Gasteiger partial charge on any atom is -0.497 e. The number of piperazine rings is 1. The van der Waals surface area contributed by atoms with Gasteiger partial charge in [0, 0.05) is 44.0 Å². The van der Waals surface area contributed by atoms with Crippen LogP contribution in [-0.2, 0) is 0 Å². The topological polar surface area (TPSA) is 87.9 Å². The molecule has 0 spiro atoms. The molecule has 1 aromatic heterocycles. The summed E-state index contributed by atoms with van der Waals surface area (Å²) >= 11 is 0. The highest BCUT2D eigenvalue weighted by Gasteiger charge is 2.29. The molecule has 5 aromatic rings. The van der Waals surface area contributed by atoms with Crippen LogP contribution in [0.4, 0.5) is 5.69 Å². The molecular weight excluding hydrogens is 528 g/mol. The van der Waals surface area contributed by atoms with Crippen LogP contribution in [-0.4, -0.2) is 64.7 Å². The minimum absolute atomic E-state index is 0.154. The molecule has 4 aromatic carbocycles. The summed E-state index contributed by atoms with van der Waals surface area (Å²) in [6.45, 7) is 5.93. The third-order valence-electron chi connectivity index (χ3n) is 7.88. The number of methoxy groups -OCH3 is 1. The SMILES string of the molecule is COc1cccc(-n2cc(C(=O)N3CCN(c4c(C)cc5ccccc5c4C(=O)O)CC3)nc2-c2ccc(C)cc2)c1. The number of benzene rings is 4. The summed E-state index contributed by atoms with van der Waals surface area (Å²) in [5.41, 5.74) is 5.18. The summed E-state index contributed by atoms with van der Waals surface area (Å²) in [5, 5.41) is 11.8. The van der Waals surface area contributed by atoms with E-state index in [4.69, 9.17) is 9.72 Å². The molecule has 0 atom stereocenters. The highest BCUT2D eigenvalue weighted by atomic mass is 16.5. The van der Waals surface area contributed by atoms with Crippen molar-refractivity contribution in [1.82, 2.24) is 14.5 Å². The van der Waals surface area contributed by atoms with Crippen LogP contribution < -0.4 is 9.64 Å². The van der Waals surface area contributed by atoms with Crippen molar-refractivity contribution in [2.45, 2.75) is 13.8 Å². The van der Waals surface area contributed by atoms with Crippen molar-refractivity contribution in [2.75, 3.05) is 38.2 Å². The Kier molecular flexibility index (Phi) is 7.12. The molecule has 1 aliphatic heterocycles. The molecule has 0 saturated carbocycles. The number of anilines is 1. The molecule has 0 radical (unpaired) electrons. The molecule has 1 aliphatic rings. The van der Waals surface area contributed by atoms with Gasteiger partial charge in [0.1, 0.15) is 17.3 Å². The number of carboxylic acids is 1. The molecule has 1 N–H and O–H groups in total. The van der Waals surface area contributed by atoms with Crippen LogP contribution in [0.25, 0.3) is 27.8 Å². The number of amides is 1. The first-order valence-electron chi connectivity index (χ1n) is 13.9. The fraction of sp³-hybridized carbons (Fsp3) is 0.206. The van der Waals surface area contributed by atoms with Gasteiger partial charge in [-0.2, -0.15) is 0 Å². The zero-order valence-electron chi connectivity index (χ0n) is 23.9. The fourth-order valence-electron chi connectivity index (χ4n) is 5.74. The van der Waals surface area contributed by atoms with E-state index in [1.807, 2.05) is 97.3 Å². The monoisotopic (exact) mass is 560 g/mol. The maximum atomic E-state index is 13.8. The molecule has 1 fully saturated rings. The Morgan fingerprint density at radius 1 is 0.881 bits per heavy atom. The van der Waals surface area contributed by atoms with E-state index in [-0.39, 0.29) is 5.91 Å². The summed E-state index contributed by atoms with van der Waals surface area (Å²) < 4.78 is 7.36. The Hall–Kier alpha value is -5.11. The van der Waals surface area contributed by atoms with Gasteiger partial charge in [-0.1, -0.05) is 60.2 Å². The van der Waals surface area contributed by atoms with Gasteiger partial charge in [-0.3, -0.25) is 9.36 Å². The van der Waals surface area contributed by atoms with Crippen molar-refractivity contribution in [2.24, 2.45) is 0 Å². The zero-order valence-corrected chi connectivity index (χ0v) is 23.9. The lowest BCUT2D eigenvalue weighted by Crippen LogP contribution is -2.49. The average molecular weight is 561 g/mol. The zero-order chi connectivity index (χ0) is 29.4. The minimum atomic E-state index is -0.949. The second kappa shape index (κ2) is 11.0. The van der Waals surface area contributed by atoms with Gasteiger partial charge >= 0.3 is 5.97 Å². The van der Waals surface area contributed by atoms with Gasteiger partial charge < -0.3 is 19.6 Å². The number of fused-ring (bicyclic) bond motifs is 1. The van der Waals surface area contributed by atoms with Crippen LogP contribution in [0, 0.1) is 13.8 Å². The van der Waals surface area contributed by atoms with E-state index >= 15 is 0 Å². The molecule has 42 heavy (non-hydrogen) atoms. The summed E-state index contributed by atoms with van der Waals surface area (Å²) in [4.78, 5) is 34.9. The maximum Gasteiger partial charge on any atom is 0.338 e. The third kappa shape index (κ3) is 4.96. The average Bonchev–Trinajstić information content (AvgIpc) is 3.46. The number of nitrogens with zero attached hydrogens (tertiary/aromatic N) is 4. The van der Waals surface area contributed by atoms with Crippen LogP contribution >= 0.6 is 0 Å². The Bertz CT molecular complexity index is 1800. The molecule has 1 amide bonds. The summed E-state index contributed by atoms with van der Waals surface area (Å²) in [6, 6.07) is 25.3. The second-order valence-electron chi connectivity index (χ2n) is 10.6. The standard InChI is InChI=1S/C34H32N4O4/c1-22-11-13-24(14-12-22)32-35-29(21-38(32)26-8-6-9-27(20-26)42-3)33(39)37-17-15-36(16-18-37)31-23(2)19-25-7-4-5-10-28(25)30(31)34(40)41/h4-14,19-21H,15-18H2,1-3H3,(H,40,41). The Labute approximate surface area is 244 Å². The van der Waals surface area contributed by atoms with Crippen molar-refractivity contribution in [1.29, 1.82) is 0 Å². The number of carbonyl (C=O) groups excluding carboxylic acids is 1. The van der Waals surface area contributed by atoms with Crippen molar-refractivity contribution in [3.63, 3.8) is 0 Å². The summed E-state index contributed by atoms with van der Waals surface area (Å²) in [5.74, 6) is 0.279. The molecule has 1 saturated heterocycles. The Balaban J connectivity index is 1.29. The highest BCUT2D eigenvalue weighted by Crippen LogP contribution is 2.34. The van der Waals surface area contributed by atoms with E-state index in [2.05, 4.69) is 4.90 Å². The normalized spacial score (nSPS) is 13.4. The van der Waals surface area contributed by atoms with E-state index in [0.717, 1.165) is 38.8 Å². The maximum absolute atomic E-state index is 13.8. The molecular formula is C34H32N4O4. The number of aryl methyl sites for hydroxylation is 2. The molecule has 0 unspecified atom stereocenters. The molecule has 212 valence electrons. The number of hydrogen-bond donors (Lipinski definition) is 1. The molecule has 0 aliphatic carbocycles. The van der Waals surface area contributed by atoms with E-state index in [1.54, 1.807) is 18.2 Å². The van der Waals surface area contributed by atoms with Gasteiger partial charge in [0.15, 0.2) is 0 Å². The van der Waals surface area contributed by atoms with Crippen molar-refractivity contribution in [3.05, 3.63) is 107 Å². The predicted molar refractivity (Wildman–Crippen MR) is 164 cm³/mol. The molecule has 2 heterocycles. The van der Waals surface area contributed by atoms with Gasteiger partial charge in [0.25, 0.3) is 5.91 Å². The Morgan fingerprint density at radius 3 is 2.33 bits per heavy atom. The second-order valence-corrected chi connectivity index (χ2v) is 10.6. The van der Waals surface area contributed by atoms with Crippen molar-refractivity contribution >= 4 is 28.3 Å². The van der Waals surface area contributed by atoms with Gasteiger partial charge in [-0.05, 0) is 48.4 Å². The van der Waals surface area contributed by atoms with Gasteiger partial charge in [-0.15, -0.1) is 0 Å². The van der Waals surface area contributed by atoms with E-state index < -0.39 is 5.97 Å². The third-order valence-corrected chi connectivity index (χ3v) is 7.88. The number of aromatic carboxylic acids is 1. The van der Waals surface area contributed by atoms with Crippen LogP contribution in [0.3, 0.4) is 0 Å². The van der Waals surface area contributed by atoms with Crippen molar-refractivity contribution < 1.29 is 19.4 Å². The smallest absolute Gasteiger partial charge is 0.338 e. The molecule has 8 heteroatoms.